The fourth-order valence-electron chi connectivity index (χ4n) is 1.72. The van der Waals surface area contributed by atoms with Gasteiger partial charge in [0.1, 0.15) is 5.75 Å². The molecular formula is C15H16N2O3S. The molecule has 110 valence electrons. The summed E-state index contributed by atoms with van der Waals surface area (Å²) in [5.74, 6) is 0.412. The van der Waals surface area contributed by atoms with Crippen molar-refractivity contribution in [3.8, 4) is 5.75 Å². The number of rotatable bonds is 5. The standard InChI is InChI=1S/C15H16N2O3S/c1-11(21-14-9-5-6-10-17(14)19)15(18)16-12-7-3-4-8-13(12)20-2/h3-11H,1-2H3,(H,16,18)/t11-/m0/s1. The van der Waals surface area contributed by atoms with Gasteiger partial charge in [-0.05, 0) is 36.9 Å². The minimum Gasteiger partial charge on any atom is -0.618 e. The lowest BCUT2D eigenvalue weighted by atomic mass is 10.3. The summed E-state index contributed by atoms with van der Waals surface area (Å²) in [6, 6.07) is 12.3. The Morgan fingerprint density at radius 1 is 1.29 bits per heavy atom. The highest BCUT2D eigenvalue weighted by Gasteiger charge is 2.19. The van der Waals surface area contributed by atoms with Gasteiger partial charge in [-0.15, -0.1) is 0 Å². The zero-order chi connectivity index (χ0) is 15.2. The van der Waals surface area contributed by atoms with E-state index < -0.39 is 5.25 Å². The molecule has 1 heterocycles. The Balaban J connectivity index is 2.05. The third-order valence-corrected chi connectivity index (χ3v) is 3.95. The fourth-order valence-corrected chi connectivity index (χ4v) is 2.57. The molecule has 0 radical (unpaired) electrons. The van der Waals surface area contributed by atoms with Gasteiger partial charge in [0.2, 0.25) is 5.91 Å². The van der Waals surface area contributed by atoms with Crippen LogP contribution >= 0.6 is 11.8 Å². The number of carbonyl (C=O) groups is 1. The molecule has 0 aliphatic carbocycles. The number of hydrogen-bond acceptors (Lipinski definition) is 4. The quantitative estimate of drug-likeness (QED) is 0.523. The summed E-state index contributed by atoms with van der Waals surface area (Å²) < 4.78 is 5.94. The summed E-state index contributed by atoms with van der Waals surface area (Å²) >= 11 is 1.21. The van der Waals surface area contributed by atoms with Gasteiger partial charge in [-0.1, -0.05) is 12.1 Å². The van der Waals surface area contributed by atoms with Crippen molar-refractivity contribution in [2.24, 2.45) is 0 Å². The second-order valence-electron chi connectivity index (χ2n) is 4.31. The molecule has 0 fully saturated rings. The maximum atomic E-state index is 12.2. The molecule has 0 aliphatic heterocycles. The van der Waals surface area contributed by atoms with E-state index in [4.69, 9.17) is 4.74 Å². The molecule has 0 bridgehead atoms. The predicted octanol–water partition coefficient (Wildman–Crippen LogP) is 2.45. The molecule has 1 aromatic heterocycles. The average Bonchev–Trinajstić information content (AvgIpc) is 2.50. The molecule has 21 heavy (non-hydrogen) atoms. The van der Waals surface area contributed by atoms with Crippen molar-refractivity contribution in [2.75, 3.05) is 12.4 Å². The van der Waals surface area contributed by atoms with Gasteiger partial charge >= 0.3 is 0 Å². The summed E-state index contributed by atoms with van der Waals surface area (Å²) in [4.78, 5) is 12.2. The minimum atomic E-state index is -0.405. The first-order valence-corrected chi connectivity index (χ1v) is 7.28. The number of carbonyl (C=O) groups excluding carboxylic acids is 1. The third-order valence-electron chi connectivity index (χ3n) is 2.82. The van der Waals surface area contributed by atoms with Crippen LogP contribution in [0, 0.1) is 5.21 Å². The number of benzene rings is 1. The Morgan fingerprint density at radius 3 is 2.71 bits per heavy atom. The van der Waals surface area contributed by atoms with E-state index in [9.17, 15) is 10.0 Å². The summed E-state index contributed by atoms with van der Waals surface area (Å²) in [7, 11) is 1.55. The van der Waals surface area contributed by atoms with Crippen molar-refractivity contribution in [1.29, 1.82) is 0 Å². The lowest BCUT2D eigenvalue weighted by Crippen LogP contribution is -2.30. The Kier molecular flexibility index (Phi) is 5.05. The molecule has 5 nitrogen and oxygen atoms in total. The van der Waals surface area contributed by atoms with Gasteiger partial charge in [0.15, 0.2) is 6.20 Å². The Labute approximate surface area is 127 Å². The summed E-state index contributed by atoms with van der Waals surface area (Å²) in [6.45, 7) is 1.75. The number of amides is 1. The molecule has 0 saturated carbocycles. The molecule has 1 aromatic carbocycles. The van der Waals surface area contributed by atoms with Gasteiger partial charge in [0.25, 0.3) is 5.03 Å². The minimum absolute atomic E-state index is 0.187. The predicted molar refractivity (Wildman–Crippen MR) is 82.3 cm³/mol. The van der Waals surface area contributed by atoms with E-state index in [2.05, 4.69) is 5.32 Å². The van der Waals surface area contributed by atoms with Gasteiger partial charge < -0.3 is 15.3 Å². The lowest BCUT2D eigenvalue weighted by Gasteiger charge is -2.13. The Hall–Kier alpha value is -2.21. The molecular weight excluding hydrogens is 288 g/mol. The molecule has 0 unspecified atom stereocenters. The van der Waals surface area contributed by atoms with Crippen LogP contribution in [0.1, 0.15) is 6.92 Å². The molecule has 1 atom stereocenters. The van der Waals surface area contributed by atoms with Crippen LogP contribution in [0.2, 0.25) is 0 Å². The van der Waals surface area contributed by atoms with E-state index in [-0.39, 0.29) is 5.91 Å². The summed E-state index contributed by atoms with van der Waals surface area (Å²) in [5.41, 5.74) is 0.612. The van der Waals surface area contributed by atoms with Crippen molar-refractivity contribution in [3.63, 3.8) is 0 Å². The molecule has 1 amide bonds. The number of methoxy groups -OCH3 is 1. The van der Waals surface area contributed by atoms with Gasteiger partial charge in [0, 0.05) is 12.1 Å². The lowest BCUT2D eigenvalue weighted by molar-refractivity contribution is -0.645. The van der Waals surface area contributed by atoms with Crippen LogP contribution in [-0.4, -0.2) is 18.3 Å². The van der Waals surface area contributed by atoms with Crippen molar-refractivity contribution >= 4 is 23.4 Å². The molecule has 1 N–H and O–H groups in total. The van der Waals surface area contributed by atoms with E-state index in [1.807, 2.05) is 12.1 Å². The van der Waals surface area contributed by atoms with Crippen LogP contribution in [0.4, 0.5) is 5.69 Å². The second-order valence-corrected chi connectivity index (χ2v) is 5.68. The van der Waals surface area contributed by atoms with E-state index in [1.165, 1.54) is 18.0 Å². The molecule has 0 spiro atoms. The van der Waals surface area contributed by atoms with Crippen LogP contribution in [0.25, 0.3) is 0 Å². The number of para-hydroxylation sites is 2. The zero-order valence-electron chi connectivity index (χ0n) is 11.8. The molecule has 6 heteroatoms. The van der Waals surface area contributed by atoms with Crippen molar-refractivity contribution in [3.05, 3.63) is 53.9 Å². The number of anilines is 1. The highest BCUT2D eigenvalue weighted by molar-refractivity contribution is 8.00. The van der Waals surface area contributed by atoms with Crippen molar-refractivity contribution < 1.29 is 14.3 Å². The van der Waals surface area contributed by atoms with Crippen LogP contribution in [-0.2, 0) is 4.79 Å². The maximum Gasteiger partial charge on any atom is 0.252 e. The van der Waals surface area contributed by atoms with E-state index in [0.717, 1.165) is 4.73 Å². The first kappa shape index (κ1) is 15.2. The SMILES string of the molecule is COc1ccccc1NC(=O)[C@H](C)Sc1cccc[n+]1[O-]. The third kappa shape index (κ3) is 3.88. The van der Waals surface area contributed by atoms with Crippen molar-refractivity contribution in [1.82, 2.24) is 0 Å². The van der Waals surface area contributed by atoms with Gasteiger partial charge in [-0.2, -0.15) is 4.73 Å². The molecule has 0 saturated heterocycles. The summed E-state index contributed by atoms with van der Waals surface area (Å²) in [5, 5.41) is 14.5. The monoisotopic (exact) mass is 304 g/mol. The van der Waals surface area contributed by atoms with Crippen LogP contribution < -0.4 is 14.8 Å². The normalized spacial score (nSPS) is 11.7. The number of pyridine rings is 1. The largest absolute Gasteiger partial charge is 0.618 e. The number of nitrogens with one attached hydrogen (secondary N) is 1. The molecule has 2 rings (SSSR count). The van der Waals surface area contributed by atoms with Gasteiger partial charge in [-0.25, -0.2) is 0 Å². The van der Waals surface area contributed by atoms with Crippen LogP contribution in [0.5, 0.6) is 5.75 Å². The number of ether oxygens (including phenoxy) is 1. The first-order valence-electron chi connectivity index (χ1n) is 6.40. The highest BCUT2D eigenvalue weighted by Crippen LogP contribution is 2.25. The molecule has 2 aromatic rings. The average molecular weight is 304 g/mol. The first-order chi connectivity index (χ1) is 10.1. The van der Waals surface area contributed by atoms with E-state index in [0.29, 0.717) is 16.5 Å². The highest BCUT2D eigenvalue weighted by atomic mass is 32.2. The zero-order valence-corrected chi connectivity index (χ0v) is 12.6. The van der Waals surface area contributed by atoms with E-state index >= 15 is 0 Å². The smallest absolute Gasteiger partial charge is 0.252 e. The van der Waals surface area contributed by atoms with E-state index in [1.54, 1.807) is 44.4 Å². The van der Waals surface area contributed by atoms with Gasteiger partial charge in [-0.3, -0.25) is 4.79 Å². The maximum absolute atomic E-state index is 12.2. The summed E-state index contributed by atoms with van der Waals surface area (Å²) in [6.07, 6.45) is 1.41. The van der Waals surface area contributed by atoms with Gasteiger partial charge in [0.05, 0.1) is 18.0 Å². The Bertz CT molecular complexity index is 634. The Morgan fingerprint density at radius 2 is 2.00 bits per heavy atom. The number of nitrogens with zero attached hydrogens (tertiary/aromatic N) is 1. The number of hydrogen-bond donors (Lipinski definition) is 1. The van der Waals surface area contributed by atoms with Crippen LogP contribution in [0.15, 0.2) is 53.7 Å². The number of aromatic nitrogens is 1. The second kappa shape index (κ2) is 6.99. The van der Waals surface area contributed by atoms with Crippen molar-refractivity contribution in [2.45, 2.75) is 17.2 Å². The molecule has 0 aliphatic rings. The fraction of sp³-hybridized carbons (Fsp3) is 0.200. The van der Waals surface area contributed by atoms with Crippen LogP contribution in [0.3, 0.4) is 0 Å². The number of thioether (sulfide) groups is 1. The topological polar surface area (TPSA) is 65.3 Å².